The van der Waals surface area contributed by atoms with Gasteiger partial charge in [0.2, 0.25) is 0 Å². The monoisotopic (exact) mass is 289 g/mol. The van der Waals surface area contributed by atoms with Crippen LogP contribution >= 0.6 is 11.3 Å². The first-order chi connectivity index (χ1) is 9.65. The van der Waals surface area contributed by atoms with Crippen LogP contribution in [0.5, 0.6) is 0 Å². The quantitative estimate of drug-likeness (QED) is 0.842. The van der Waals surface area contributed by atoms with Gasteiger partial charge >= 0.3 is 5.97 Å². The van der Waals surface area contributed by atoms with E-state index in [-0.39, 0.29) is 5.97 Å². The van der Waals surface area contributed by atoms with Crippen LogP contribution < -0.4 is 5.73 Å². The van der Waals surface area contributed by atoms with Crippen molar-refractivity contribution >= 4 is 23.0 Å². The molecule has 4 heteroatoms. The Kier molecular flexibility index (Phi) is 4.79. The smallest absolute Gasteiger partial charge is 0.350 e. The van der Waals surface area contributed by atoms with Gasteiger partial charge in [0.05, 0.1) is 12.3 Å². The molecule has 1 heterocycles. The Morgan fingerprint density at radius 3 is 2.80 bits per heavy atom. The molecular weight excluding hydrogens is 270 g/mol. The van der Waals surface area contributed by atoms with Gasteiger partial charge in [-0.1, -0.05) is 38.1 Å². The third-order valence-corrected chi connectivity index (χ3v) is 4.18. The van der Waals surface area contributed by atoms with Crippen molar-refractivity contribution in [1.29, 1.82) is 0 Å². The van der Waals surface area contributed by atoms with Crippen LogP contribution in [0.1, 0.15) is 35.5 Å². The van der Waals surface area contributed by atoms with Gasteiger partial charge in [-0.05, 0) is 30.0 Å². The van der Waals surface area contributed by atoms with Crippen LogP contribution in [0.3, 0.4) is 0 Å². The molecule has 0 saturated carbocycles. The third-order valence-electron chi connectivity index (χ3n) is 3.00. The topological polar surface area (TPSA) is 52.3 Å². The van der Waals surface area contributed by atoms with Crippen molar-refractivity contribution in [3.63, 3.8) is 0 Å². The maximum Gasteiger partial charge on any atom is 0.350 e. The summed E-state index contributed by atoms with van der Waals surface area (Å²) >= 11 is 1.39. The first kappa shape index (κ1) is 14.6. The van der Waals surface area contributed by atoms with Crippen LogP contribution in [0, 0.1) is 0 Å². The van der Waals surface area contributed by atoms with Gasteiger partial charge < -0.3 is 10.5 Å². The number of thiophene rings is 1. The molecule has 1 aromatic carbocycles. The number of nitrogens with two attached hydrogens (primary N) is 1. The predicted molar refractivity (Wildman–Crippen MR) is 84.1 cm³/mol. The summed E-state index contributed by atoms with van der Waals surface area (Å²) in [6.45, 7) is 4.51. The van der Waals surface area contributed by atoms with Crippen LogP contribution in [0.4, 0.5) is 5.69 Å². The Hall–Kier alpha value is -1.81. The zero-order valence-corrected chi connectivity index (χ0v) is 12.6. The Labute approximate surface area is 123 Å². The molecule has 106 valence electrons. The van der Waals surface area contributed by atoms with E-state index in [2.05, 4.69) is 19.1 Å². The summed E-state index contributed by atoms with van der Waals surface area (Å²) in [4.78, 5) is 13.4. The second-order valence-electron chi connectivity index (χ2n) is 4.58. The highest BCUT2D eigenvalue weighted by Crippen LogP contribution is 2.34. The normalized spacial score (nSPS) is 10.5. The highest BCUT2D eigenvalue weighted by molar-refractivity contribution is 7.18. The van der Waals surface area contributed by atoms with Crippen LogP contribution in [0.15, 0.2) is 30.3 Å². The molecule has 0 amide bonds. The van der Waals surface area contributed by atoms with Gasteiger partial charge in [-0.25, -0.2) is 4.79 Å². The number of rotatable bonds is 5. The first-order valence-electron chi connectivity index (χ1n) is 6.81. The van der Waals surface area contributed by atoms with Gasteiger partial charge in [-0.2, -0.15) is 0 Å². The molecule has 20 heavy (non-hydrogen) atoms. The molecule has 0 saturated heterocycles. The molecule has 0 spiro atoms. The van der Waals surface area contributed by atoms with E-state index in [1.54, 1.807) is 0 Å². The van der Waals surface area contributed by atoms with Crippen molar-refractivity contribution in [2.24, 2.45) is 0 Å². The summed E-state index contributed by atoms with van der Waals surface area (Å²) in [6, 6.07) is 10.1. The lowest BCUT2D eigenvalue weighted by atomic mass is 10.1. The Morgan fingerprint density at radius 2 is 2.10 bits per heavy atom. The van der Waals surface area contributed by atoms with E-state index < -0.39 is 0 Å². The average molecular weight is 289 g/mol. The van der Waals surface area contributed by atoms with E-state index in [4.69, 9.17) is 10.5 Å². The molecule has 0 aliphatic carbocycles. The molecule has 2 N–H and O–H groups in total. The standard InChI is InChI=1S/C16H19NO2S/c1-3-8-19-16(18)15-13(17)10-14(20-15)12-7-5-6-11(4-2)9-12/h5-7,9-10H,3-4,8,17H2,1-2H3. The van der Waals surface area contributed by atoms with Crippen molar-refractivity contribution in [2.75, 3.05) is 12.3 Å². The van der Waals surface area contributed by atoms with E-state index >= 15 is 0 Å². The number of carbonyl (C=O) groups excluding carboxylic acids is 1. The lowest BCUT2D eigenvalue weighted by molar-refractivity contribution is 0.0512. The molecule has 1 aromatic heterocycles. The zero-order valence-electron chi connectivity index (χ0n) is 11.8. The molecule has 0 aliphatic rings. The number of esters is 1. The minimum absolute atomic E-state index is 0.327. The molecule has 0 aliphatic heterocycles. The molecule has 0 fully saturated rings. The third kappa shape index (κ3) is 3.20. The lowest BCUT2D eigenvalue weighted by Gasteiger charge is -2.01. The van der Waals surface area contributed by atoms with E-state index in [0.717, 1.165) is 23.3 Å². The summed E-state index contributed by atoms with van der Waals surface area (Å²) < 4.78 is 5.14. The van der Waals surface area contributed by atoms with Gasteiger partial charge in [0.1, 0.15) is 4.88 Å². The molecule has 0 atom stereocenters. The van der Waals surface area contributed by atoms with Crippen molar-refractivity contribution < 1.29 is 9.53 Å². The van der Waals surface area contributed by atoms with Gasteiger partial charge in [-0.3, -0.25) is 0 Å². The number of anilines is 1. The fraction of sp³-hybridized carbons (Fsp3) is 0.312. The van der Waals surface area contributed by atoms with Crippen molar-refractivity contribution in [3.05, 3.63) is 40.8 Å². The summed E-state index contributed by atoms with van der Waals surface area (Å²) in [7, 11) is 0. The summed E-state index contributed by atoms with van der Waals surface area (Å²) in [5.41, 5.74) is 8.79. The van der Waals surface area contributed by atoms with E-state index in [9.17, 15) is 4.79 Å². The maximum absolute atomic E-state index is 11.9. The zero-order chi connectivity index (χ0) is 14.5. The van der Waals surface area contributed by atoms with Crippen LogP contribution in [0.2, 0.25) is 0 Å². The van der Waals surface area contributed by atoms with E-state index in [1.807, 2.05) is 25.1 Å². The minimum atomic E-state index is -0.327. The van der Waals surface area contributed by atoms with Gasteiger partial charge in [0.15, 0.2) is 0 Å². The summed E-state index contributed by atoms with van der Waals surface area (Å²) in [6.07, 6.45) is 1.79. The molecular formula is C16H19NO2S. The SMILES string of the molecule is CCCOC(=O)c1sc(-c2cccc(CC)c2)cc1N. The van der Waals surface area contributed by atoms with Crippen molar-refractivity contribution in [1.82, 2.24) is 0 Å². The number of hydrogen-bond acceptors (Lipinski definition) is 4. The highest BCUT2D eigenvalue weighted by atomic mass is 32.1. The number of carbonyl (C=O) groups is 1. The van der Waals surface area contributed by atoms with Crippen LogP contribution in [-0.4, -0.2) is 12.6 Å². The Morgan fingerprint density at radius 1 is 1.30 bits per heavy atom. The Bertz CT molecular complexity index is 604. The maximum atomic E-state index is 11.9. The van der Waals surface area contributed by atoms with Gasteiger partial charge in [0, 0.05) is 4.88 Å². The molecule has 0 bridgehead atoms. The number of benzene rings is 1. The summed E-state index contributed by atoms with van der Waals surface area (Å²) in [5.74, 6) is -0.327. The fourth-order valence-corrected chi connectivity index (χ4v) is 2.88. The molecule has 0 radical (unpaired) electrons. The van der Waals surface area contributed by atoms with Gasteiger partial charge in [-0.15, -0.1) is 11.3 Å². The van der Waals surface area contributed by atoms with E-state index in [1.165, 1.54) is 16.9 Å². The first-order valence-corrected chi connectivity index (χ1v) is 7.63. The fourth-order valence-electron chi connectivity index (χ4n) is 1.91. The minimum Gasteiger partial charge on any atom is -0.461 e. The number of nitrogen functional groups attached to an aromatic ring is 1. The van der Waals surface area contributed by atoms with Crippen LogP contribution in [-0.2, 0) is 11.2 Å². The van der Waals surface area contributed by atoms with Crippen molar-refractivity contribution in [2.45, 2.75) is 26.7 Å². The largest absolute Gasteiger partial charge is 0.461 e. The molecule has 2 rings (SSSR count). The van der Waals surface area contributed by atoms with Crippen molar-refractivity contribution in [3.8, 4) is 10.4 Å². The van der Waals surface area contributed by atoms with Crippen LogP contribution in [0.25, 0.3) is 10.4 Å². The second-order valence-corrected chi connectivity index (χ2v) is 5.64. The van der Waals surface area contributed by atoms with E-state index in [0.29, 0.717) is 17.2 Å². The summed E-state index contributed by atoms with van der Waals surface area (Å²) in [5, 5.41) is 0. The Balaban J connectivity index is 2.28. The predicted octanol–water partition coefficient (Wildman–Crippen LogP) is 4.13. The lowest BCUT2D eigenvalue weighted by Crippen LogP contribution is -2.05. The molecule has 0 unspecified atom stereocenters. The van der Waals surface area contributed by atoms with Gasteiger partial charge in [0.25, 0.3) is 0 Å². The molecule has 3 nitrogen and oxygen atoms in total. The average Bonchev–Trinajstić information content (AvgIpc) is 2.87. The molecule has 2 aromatic rings. The number of aryl methyl sites for hydroxylation is 1. The number of hydrogen-bond donors (Lipinski definition) is 1. The highest BCUT2D eigenvalue weighted by Gasteiger charge is 2.16. The second kappa shape index (κ2) is 6.57. The number of ether oxygens (including phenoxy) is 1.